The van der Waals surface area contributed by atoms with Gasteiger partial charge in [0.2, 0.25) is 0 Å². The minimum Gasteiger partial charge on any atom is -0.236 e. The maximum absolute atomic E-state index is 4.56. The number of aryl methyl sites for hydroxylation is 1. The van der Waals surface area contributed by atoms with E-state index in [9.17, 15) is 0 Å². The Morgan fingerprint density at radius 2 is 1.50 bits per heavy atom. The summed E-state index contributed by atoms with van der Waals surface area (Å²) in [5.41, 5.74) is 3.67. The zero-order valence-electron chi connectivity index (χ0n) is 12.3. The summed E-state index contributed by atoms with van der Waals surface area (Å²) in [6, 6.07) is 8.39. The number of hydrogen-bond acceptors (Lipinski definition) is 2. The summed E-state index contributed by atoms with van der Waals surface area (Å²) in [6.07, 6.45) is 9.31. The molecule has 1 heterocycles. The maximum atomic E-state index is 4.56. The maximum Gasteiger partial charge on any atom is 0.159 e. The molecule has 0 atom stereocenters. The molecule has 0 saturated heterocycles. The molecule has 1 aromatic heterocycles. The summed E-state index contributed by atoms with van der Waals surface area (Å²) in [6.45, 7) is 4.45. The van der Waals surface area contributed by atoms with Crippen molar-refractivity contribution < 1.29 is 0 Å². The summed E-state index contributed by atoms with van der Waals surface area (Å²) in [4.78, 5) is 9.12. The molecule has 0 radical (unpaired) electrons. The Morgan fingerprint density at radius 1 is 0.900 bits per heavy atom. The second-order valence-corrected chi connectivity index (χ2v) is 6.16. The van der Waals surface area contributed by atoms with Crippen LogP contribution in [0.5, 0.6) is 0 Å². The summed E-state index contributed by atoms with van der Waals surface area (Å²) < 4.78 is 0. The predicted molar refractivity (Wildman–Crippen MR) is 82.6 cm³/mol. The van der Waals surface area contributed by atoms with Gasteiger partial charge in [-0.1, -0.05) is 49.6 Å². The molecule has 1 aliphatic rings. The van der Waals surface area contributed by atoms with Gasteiger partial charge in [0.15, 0.2) is 5.82 Å². The molecule has 1 aliphatic carbocycles. The van der Waals surface area contributed by atoms with Gasteiger partial charge < -0.3 is 0 Å². The third-order valence-electron chi connectivity index (χ3n) is 4.47. The number of hydrogen-bond donors (Lipinski definition) is 0. The van der Waals surface area contributed by atoms with Gasteiger partial charge >= 0.3 is 0 Å². The average molecular weight is 266 g/mol. The van der Waals surface area contributed by atoms with E-state index in [1.54, 1.807) is 0 Å². The molecular formula is C18H22N2. The lowest BCUT2D eigenvalue weighted by atomic mass is 9.80. The second-order valence-electron chi connectivity index (χ2n) is 6.16. The first-order valence-electron chi connectivity index (χ1n) is 7.61. The second kappa shape index (κ2) is 5.74. The summed E-state index contributed by atoms with van der Waals surface area (Å²) in [7, 11) is 0. The van der Waals surface area contributed by atoms with Gasteiger partial charge in [0, 0.05) is 18.0 Å². The van der Waals surface area contributed by atoms with Gasteiger partial charge in [0.05, 0.1) is 0 Å². The quantitative estimate of drug-likeness (QED) is 0.784. The Bertz CT molecular complexity index is 549. The minimum absolute atomic E-state index is 0.665. The molecule has 0 amide bonds. The van der Waals surface area contributed by atoms with Crippen LogP contribution >= 0.6 is 0 Å². The molecule has 20 heavy (non-hydrogen) atoms. The molecule has 2 aromatic rings. The van der Waals surface area contributed by atoms with E-state index >= 15 is 0 Å². The fraction of sp³-hybridized carbons (Fsp3) is 0.444. The molecule has 3 rings (SSSR count). The first-order valence-corrected chi connectivity index (χ1v) is 7.61. The first kappa shape index (κ1) is 13.3. The molecule has 0 bridgehead atoms. The van der Waals surface area contributed by atoms with Crippen LogP contribution in [0.4, 0.5) is 0 Å². The SMILES string of the molecule is Cc1ccc(-c2ncc(C3CCC(C)CC3)cn2)cc1. The lowest BCUT2D eigenvalue weighted by Crippen LogP contribution is -2.11. The van der Waals surface area contributed by atoms with Crippen molar-refractivity contribution in [3.63, 3.8) is 0 Å². The molecule has 0 unspecified atom stereocenters. The van der Waals surface area contributed by atoms with Crippen LogP contribution in [0.3, 0.4) is 0 Å². The van der Waals surface area contributed by atoms with E-state index in [1.807, 2.05) is 12.4 Å². The molecule has 104 valence electrons. The number of rotatable bonds is 2. The average Bonchev–Trinajstić information content (AvgIpc) is 2.49. The summed E-state index contributed by atoms with van der Waals surface area (Å²) >= 11 is 0. The molecule has 1 saturated carbocycles. The van der Waals surface area contributed by atoms with Crippen molar-refractivity contribution in [2.45, 2.75) is 45.4 Å². The van der Waals surface area contributed by atoms with Gasteiger partial charge in [-0.25, -0.2) is 9.97 Å². The third kappa shape index (κ3) is 2.90. The largest absolute Gasteiger partial charge is 0.236 e. The fourth-order valence-corrected chi connectivity index (χ4v) is 2.99. The topological polar surface area (TPSA) is 25.8 Å². The standard InChI is InChI=1S/C18H22N2/c1-13-3-7-15(8-4-13)17-11-19-18(20-12-17)16-9-5-14(2)6-10-16/h5-6,9-13,15H,3-4,7-8H2,1-2H3. The molecular weight excluding hydrogens is 244 g/mol. The van der Waals surface area contributed by atoms with Crippen LogP contribution in [-0.2, 0) is 0 Å². The van der Waals surface area contributed by atoms with Gasteiger partial charge in [0.25, 0.3) is 0 Å². The number of nitrogens with zero attached hydrogens (tertiary/aromatic N) is 2. The highest BCUT2D eigenvalue weighted by molar-refractivity contribution is 5.55. The highest BCUT2D eigenvalue weighted by Gasteiger charge is 2.20. The Labute approximate surface area is 121 Å². The minimum atomic E-state index is 0.665. The van der Waals surface area contributed by atoms with E-state index < -0.39 is 0 Å². The number of benzene rings is 1. The predicted octanol–water partition coefficient (Wildman–Crippen LogP) is 4.75. The van der Waals surface area contributed by atoms with Gasteiger partial charge in [-0.2, -0.15) is 0 Å². The Kier molecular flexibility index (Phi) is 3.81. The molecule has 0 spiro atoms. The first-order chi connectivity index (χ1) is 9.72. The van der Waals surface area contributed by atoms with Gasteiger partial charge in [-0.05, 0) is 37.2 Å². The molecule has 0 aliphatic heterocycles. The van der Waals surface area contributed by atoms with Gasteiger partial charge in [-0.15, -0.1) is 0 Å². The van der Waals surface area contributed by atoms with Crippen molar-refractivity contribution >= 4 is 0 Å². The zero-order valence-corrected chi connectivity index (χ0v) is 12.3. The van der Waals surface area contributed by atoms with Gasteiger partial charge in [-0.3, -0.25) is 0 Å². The lowest BCUT2D eigenvalue weighted by Gasteiger charge is -2.25. The zero-order chi connectivity index (χ0) is 13.9. The van der Waals surface area contributed by atoms with Crippen molar-refractivity contribution in [1.82, 2.24) is 9.97 Å². The van der Waals surface area contributed by atoms with Crippen LogP contribution in [0.25, 0.3) is 11.4 Å². The smallest absolute Gasteiger partial charge is 0.159 e. The lowest BCUT2D eigenvalue weighted by molar-refractivity contribution is 0.347. The molecule has 2 nitrogen and oxygen atoms in total. The monoisotopic (exact) mass is 266 g/mol. The van der Waals surface area contributed by atoms with Crippen LogP contribution in [0.1, 0.15) is 49.7 Å². The van der Waals surface area contributed by atoms with Crippen LogP contribution < -0.4 is 0 Å². The molecule has 1 fully saturated rings. The van der Waals surface area contributed by atoms with E-state index in [-0.39, 0.29) is 0 Å². The highest BCUT2D eigenvalue weighted by Crippen LogP contribution is 2.35. The summed E-state index contributed by atoms with van der Waals surface area (Å²) in [5.74, 6) is 2.38. The van der Waals surface area contributed by atoms with Crippen molar-refractivity contribution in [3.8, 4) is 11.4 Å². The van der Waals surface area contributed by atoms with E-state index in [1.165, 1.54) is 36.8 Å². The van der Waals surface area contributed by atoms with Gasteiger partial charge in [0.1, 0.15) is 0 Å². The van der Waals surface area contributed by atoms with Crippen LogP contribution in [0.2, 0.25) is 0 Å². The third-order valence-corrected chi connectivity index (χ3v) is 4.47. The van der Waals surface area contributed by atoms with E-state index in [0.29, 0.717) is 5.92 Å². The van der Waals surface area contributed by atoms with Crippen LogP contribution in [0, 0.1) is 12.8 Å². The van der Waals surface area contributed by atoms with Crippen molar-refractivity contribution in [1.29, 1.82) is 0 Å². The van der Waals surface area contributed by atoms with E-state index in [0.717, 1.165) is 17.3 Å². The molecule has 1 aromatic carbocycles. The van der Waals surface area contributed by atoms with Crippen molar-refractivity contribution in [2.75, 3.05) is 0 Å². The Morgan fingerprint density at radius 3 is 2.10 bits per heavy atom. The molecule has 0 N–H and O–H groups in total. The highest BCUT2D eigenvalue weighted by atomic mass is 14.9. The van der Waals surface area contributed by atoms with Crippen molar-refractivity contribution in [2.24, 2.45) is 5.92 Å². The van der Waals surface area contributed by atoms with Crippen molar-refractivity contribution in [3.05, 3.63) is 47.8 Å². The normalized spacial score (nSPS) is 22.7. The Hall–Kier alpha value is -1.70. The fourth-order valence-electron chi connectivity index (χ4n) is 2.99. The van der Waals surface area contributed by atoms with E-state index in [2.05, 4.69) is 48.1 Å². The van der Waals surface area contributed by atoms with Crippen LogP contribution in [-0.4, -0.2) is 9.97 Å². The summed E-state index contributed by atoms with van der Waals surface area (Å²) in [5, 5.41) is 0. The van der Waals surface area contributed by atoms with E-state index in [4.69, 9.17) is 0 Å². The number of aromatic nitrogens is 2. The van der Waals surface area contributed by atoms with Crippen LogP contribution in [0.15, 0.2) is 36.7 Å². The molecule has 2 heteroatoms. The Balaban J connectivity index is 1.76.